The molecule has 0 saturated heterocycles. The molecule has 0 bridgehead atoms. The lowest BCUT2D eigenvalue weighted by Crippen LogP contribution is -2.41. The van der Waals surface area contributed by atoms with Crippen LogP contribution in [0.25, 0.3) is 0 Å². The maximum Gasteiger partial charge on any atom is 0.256 e. The van der Waals surface area contributed by atoms with Crippen LogP contribution in [0, 0.1) is 6.92 Å². The van der Waals surface area contributed by atoms with E-state index < -0.39 is 0 Å². The largest absolute Gasteiger partial charge is 0.395 e. The lowest BCUT2D eigenvalue weighted by Gasteiger charge is -2.29. The van der Waals surface area contributed by atoms with Gasteiger partial charge in [-0.2, -0.15) is 0 Å². The SMILES string of the molecule is CCNc1cc(C)ccc1C(=O)N(CCO)C1CCCC1. The van der Waals surface area contributed by atoms with Crippen LogP contribution in [0.1, 0.15) is 48.5 Å². The molecule has 0 aromatic heterocycles. The predicted octanol–water partition coefficient (Wildman–Crippen LogP) is 2.80. The number of aryl methyl sites for hydroxylation is 1. The normalized spacial score (nSPS) is 15.2. The summed E-state index contributed by atoms with van der Waals surface area (Å²) in [5, 5.41) is 12.6. The second-order valence-corrected chi connectivity index (χ2v) is 5.74. The number of rotatable bonds is 6. The van der Waals surface area contributed by atoms with Crippen LogP contribution in [0.4, 0.5) is 5.69 Å². The smallest absolute Gasteiger partial charge is 0.256 e. The number of carbonyl (C=O) groups is 1. The first kappa shape index (κ1) is 15.8. The molecule has 4 heteroatoms. The highest BCUT2D eigenvalue weighted by molar-refractivity contribution is 6.00. The van der Waals surface area contributed by atoms with Gasteiger partial charge in [-0.3, -0.25) is 4.79 Å². The number of benzene rings is 1. The van der Waals surface area contributed by atoms with E-state index in [0.717, 1.165) is 30.6 Å². The Labute approximate surface area is 127 Å². The van der Waals surface area contributed by atoms with Gasteiger partial charge < -0.3 is 15.3 Å². The summed E-state index contributed by atoms with van der Waals surface area (Å²) >= 11 is 0. The van der Waals surface area contributed by atoms with E-state index in [1.54, 1.807) is 0 Å². The molecule has 1 aromatic carbocycles. The first-order valence-corrected chi connectivity index (χ1v) is 7.93. The summed E-state index contributed by atoms with van der Waals surface area (Å²) in [7, 11) is 0. The predicted molar refractivity (Wildman–Crippen MR) is 85.7 cm³/mol. The van der Waals surface area contributed by atoms with Gasteiger partial charge in [0.25, 0.3) is 5.91 Å². The average molecular weight is 290 g/mol. The third-order valence-corrected chi connectivity index (χ3v) is 4.14. The Morgan fingerprint density at radius 2 is 2.10 bits per heavy atom. The molecule has 0 atom stereocenters. The molecule has 1 aliphatic rings. The summed E-state index contributed by atoms with van der Waals surface area (Å²) in [5.41, 5.74) is 2.74. The van der Waals surface area contributed by atoms with Gasteiger partial charge in [0.15, 0.2) is 0 Å². The first-order chi connectivity index (χ1) is 10.2. The molecule has 0 unspecified atom stereocenters. The van der Waals surface area contributed by atoms with Crippen molar-refractivity contribution < 1.29 is 9.90 Å². The van der Waals surface area contributed by atoms with Crippen molar-refractivity contribution in [2.75, 3.05) is 25.0 Å². The number of hydrogen-bond acceptors (Lipinski definition) is 3. The fourth-order valence-electron chi connectivity index (χ4n) is 3.11. The molecule has 1 fully saturated rings. The quantitative estimate of drug-likeness (QED) is 0.847. The minimum Gasteiger partial charge on any atom is -0.395 e. The Hall–Kier alpha value is -1.55. The zero-order valence-corrected chi connectivity index (χ0v) is 13.1. The Morgan fingerprint density at radius 1 is 1.38 bits per heavy atom. The van der Waals surface area contributed by atoms with Gasteiger partial charge in [0.1, 0.15) is 0 Å². The van der Waals surface area contributed by atoms with Crippen molar-refractivity contribution in [2.45, 2.75) is 45.6 Å². The highest BCUT2D eigenvalue weighted by Gasteiger charge is 2.28. The molecule has 0 spiro atoms. The number of nitrogens with one attached hydrogen (secondary N) is 1. The van der Waals surface area contributed by atoms with Crippen molar-refractivity contribution in [3.8, 4) is 0 Å². The molecule has 1 amide bonds. The number of aliphatic hydroxyl groups excluding tert-OH is 1. The van der Waals surface area contributed by atoms with Gasteiger partial charge in [0.05, 0.1) is 12.2 Å². The van der Waals surface area contributed by atoms with Crippen molar-refractivity contribution in [3.63, 3.8) is 0 Å². The molecule has 0 radical (unpaired) electrons. The van der Waals surface area contributed by atoms with E-state index in [-0.39, 0.29) is 18.6 Å². The number of aliphatic hydroxyl groups is 1. The van der Waals surface area contributed by atoms with Gasteiger partial charge in [-0.1, -0.05) is 18.9 Å². The molecule has 2 rings (SSSR count). The van der Waals surface area contributed by atoms with Crippen molar-refractivity contribution in [2.24, 2.45) is 0 Å². The van der Waals surface area contributed by atoms with Crippen LogP contribution in [-0.4, -0.2) is 41.7 Å². The highest BCUT2D eigenvalue weighted by Crippen LogP contribution is 2.27. The van der Waals surface area contributed by atoms with Crippen LogP contribution in [-0.2, 0) is 0 Å². The summed E-state index contributed by atoms with van der Waals surface area (Å²) < 4.78 is 0. The third kappa shape index (κ3) is 3.76. The van der Waals surface area contributed by atoms with Crippen molar-refractivity contribution >= 4 is 11.6 Å². The summed E-state index contributed by atoms with van der Waals surface area (Å²) in [4.78, 5) is 14.8. The molecule has 0 heterocycles. The molecular weight excluding hydrogens is 264 g/mol. The van der Waals surface area contributed by atoms with Crippen LogP contribution >= 0.6 is 0 Å². The minimum absolute atomic E-state index is 0.0185. The van der Waals surface area contributed by atoms with Crippen molar-refractivity contribution in [1.82, 2.24) is 4.90 Å². The van der Waals surface area contributed by atoms with E-state index in [4.69, 9.17) is 0 Å². The highest BCUT2D eigenvalue weighted by atomic mass is 16.3. The zero-order chi connectivity index (χ0) is 15.2. The van der Waals surface area contributed by atoms with Gasteiger partial charge in [-0.15, -0.1) is 0 Å². The van der Waals surface area contributed by atoms with E-state index in [0.29, 0.717) is 12.1 Å². The zero-order valence-electron chi connectivity index (χ0n) is 13.1. The van der Waals surface area contributed by atoms with Gasteiger partial charge in [-0.05, 0) is 44.4 Å². The molecule has 21 heavy (non-hydrogen) atoms. The molecule has 116 valence electrons. The third-order valence-electron chi connectivity index (χ3n) is 4.14. The van der Waals surface area contributed by atoms with Gasteiger partial charge in [0, 0.05) is 24.8 Å². The number of amides is 1. The topological polar surface area (TPSA) is 52.6 Å². The van der Waals surface area contributed by atoms with Gasteiger partial charge in [0.2, 0.25) is 0 Å². The second-order valence-electron chi connectivity index (χ2n) is 5.74. The molecule has 1 aliphatic carbocycles. The fraction of sp³-hybridized carbons (Fsp3) is 0.588. The Balaban J connectivity index is 2.27. The molecular formula is C17H26N2O2. The summed E-state index contributed by atoms with van der Waals surface area (Å²) in [6.07, 6.45) is 4.45. The molecule has 0 aliphatic heterocycles. The number of anilines is 1. The first-order valence-electron chi connectivity index (χ1n) is 7.93. The number of nitrogens with zero attached hydrogens (tertiary/aromatic N) is 1. The monoisotopic (exact) mass is 290 g/mol. The van der Waals surface area contributed by atoms with Crippen LogP contribution in [0.5, 0.6) is 0 Å². The van der Waals surface area contributed by atoms with Crippen molar-refractivity contribution in [3.05, 3.63) is 29.3 Å². The lowest BCUT2D eigenvalue weighted by molar-refractivity contribution is 0.0639. The van der Waals surface area contributed by atoms with E-state index in [2.05, 4.69) is 5.32 Å². The summed E-state index contributed by atoms with van der Waals surface area (Å²) in [6.45, 7) is 5.28. The Kier molecular flexibility index (Phi) is 5.62. The average Bonchev–Trinajstić information content (AvgIpc) is 2.98. The fourth-order valence-corrected chi connectivity index (χ4v) is 3.11. The van der Waals surface area contributed by atoms with Crippen LogP contribution in [0.15, 0.2) is 18.2 Å². The van der Waals surface area contributed by atoms with Crippen LogP contribution in [0.3, 0.4) is 0 Å². The molecule has 4 nitrogen and oxygen atoms in total. The number of carbonyl (C=O) groups excluding carboxylic acids is 1. The molecule has 1 aromatic rings. The Morgan fingerprint density at radius 3 is 2.71 bits per heavy atom. The molecule has 1 saturated carbocycles. The van der Waals surface area contributed by atoms with Crippen molar-refractivity contribution in [1.29, 1.82) is 0 Å². The van der Waals surface area contributed by atoms with E-state index in [1.165, 1.54) is 12.8 Å². The van der Waals surface area contributed by atoms with E-state index in [9.17, 15) is 9.90 Å². The van der Waals surface area contributed by atoms with Gasteiger partial charge in [-0.25, -0.2) is 0 Å². The molecule has 2 N–H and O–H groups in total. The van der Waals surface area contributed by atoms with Gasteiger partial charge >= 0.3 is 0 Å². The lowest BCUT2D eigenvalue weighted by atomic mass is 10.1. The Bertz CT molecular complexity index is 482. The van der Waals surface area contributed by atoms with Crippen LogP contribution in [0.2, 0.25) is 0 Å². The van der Waals surface area contributed by atoms with E-state index in [1.807, 2.05) is 36.9 Å². The van der Waals surface area contributed by atoms with Crippen LogP contribution < -0.4 is 5.32 Å². The minimum atomic E-state index is 0.0185. The summed E-state index contributed by atoms with van der Waals surface area (Å²) in [5.74, 6) is 0.0342. The number of hydrogen-bond donors (Lipinski definition) is 2. The maximum absolute atomic E-state index is 12.9. The standard InChI is InChI=1S/C17H26N2O2/c1-3-18-16-12-13(2)8-9-15(16)17(21)19(10-11-20)14-6-4-5-7-14/h8-9,12,14,18,20H,3-7,10-11H2,1-2H3. The second kappa shape index (κ2) is 7.46. The van der Waals surface area contributed by atoms with E-state index >= 15 is 0 Å². The summed E-state index contributed by atoms with van der Waals surface area (Å²) in [6, 6.07) is 6.16. The maximum atomic E-state index is 12.9.